The van der Waals surface area contributed by atoms with E-state index in [1.165, 1.54) is 19.3 Å². The SMILES string of the molecule is CCCCCCC(CC)C(=O)C1(C#N)CC1. The largest absolute Gasteiger partial charge is 0.298 e. The normalized spacial score (nSPS) is 18.8. The maximum absolute atomic E-state index is 12.1. The number of hydrogen-bond acceptors (Lipinski definition) is 2. The number of unbranched alkanes of at least 4 members (excludes halogenated alkanes) is 3. The van der Waals surface area contributed by atoms with Gasteiger partial charge in [-0.2, -0.15) is 5.26 Å². The van der Waals surface area contributed by atoms with Gasteiger partial charge < -0.3 is 0 Å². The van der Waals surface area contributed by atoms with Crippen LogP contribution < -0.4 is 0 Å². The van der Waals surface area contributed by atoms with Crippen LogP contribution in [0.2, 0.25) is 0 Å². The molecule has 0 spiro atoms. The van der Waals surface area contributed by atoms with Gasteiger partial charge in [-0.15, -0.1) is 0 Å². The lowest BCUT2D eigenvalue weighted by molar-refractivity contribution is -0.126. The molecular formula is C14H23NO. The summed E-state index contributed by atoms with van der Waals surface area (Å²) in [6.45, 7) is 4.26. The van der Waals surface area contributed by atoms with Crippen molar-refractivity contribution < 1.29 is 4.79 Å². The summed E-state index contributed by atoms with van der Waals surface area (Å²) in [5.41, 5.74) is -0.564. The van der Waals surface area contributed by atoms with E-state index in [9.17, 15) is 4.79 Å². The second-order valence-electron chi connectivity index (χ2n) is 5.01. The maximum atomic E-state index is 12.1. The van der Waals surface area contributed by atoms with Crippen molar-refractivity contribution in [3.63, 3.8) is 0 Å². The van der Waals surface area contributed by atoms with Crippen LogP contribution in [-0.2, 0) is 4.79 Å². The minimum atomic E-state index is -0.564. The summed E-state index contributed by atoms with van der Waals surface area (Å²) < 4.78 is 0. The van der Waals surface area contributed by atoms with Gasteiger partial charge in [0, 0.05) is 5.92 Å². The fourth-order valence-electron chi connectivity index (χ4n) is 2.27. The van der Waals surface area contributed by atoms with Crippen LogP contribution in [0, 0.1) is 22.7 Å². The van der Waals surface area contributed by atoms with Crippen molar-refractivity contribution in [2.24, 2.45) is 11.3 Å². The smallest absolute Gasteiger partial charge is 0.156 e. The molecule has 1 fully saturated rings. The predicted octanol–water partition coefficient (Wildman–Crippen LogP) is 3.86. The Morgan fingerprint density at radius 1 is 1.31 bits per heavy atom. The number of hydrogen-bond donors (Lipinski definition) is 0. The molecule has 0 aliphatic heterocycles. The molecule has 2 heteroatoms. The molecule has 2 nitrogen and oxygen atoms in total. The number of nitrogens with zero attached hydrogens (tertiary/aromatic N) is 1. The molecule has 0 heterocycles. The summed E-state index contributed by atoms with van der Waals surface area (Å²) in [6.07, 6.45) is 8.33. The Balaban J connectivity index is 2.37. The molecular weight excluding hydrogens is 198 g/mol. The first-order chi connectivity index (χ1) is 7.70. The third-order valence-corrected chi connectivity index (χ3v) is 3.71. The number of rotatable bonds is 8. The average Bonchev–Trinajstić information content (AvgIpc) is 3.09. The molecule has 0 N–H and O–H groups in total. The van der Waals surface area contributed by atoms with E-state index in [-0.39, 0.29) is 11.7 Å². The predicted molar refractivity (Wildman–Crippen MR) is 64.8 cm³/mol. The van der Waals surface area contributed by atoms with Crippen molar-refractivity contribution in [3.8, 4) is 6.07 Å². The zero-order valence-corrected chi connectivity index (χ0v) is 10.6. The van der Waals surface area contributed by atoms with Crippen LogP contribution in [0.25, 0.3) is 0 Å². The van der Waals surface area contributed by atoms with Crippen LogP contribution in [0.3, 0.4) is 0 Å². The van der Waals surface area contributed by atoms with Gasteiger partial charge in [0.2, 0.25) is 0 Å². The lowest BCUT2D eigenvalue weighted by Gasteiger charge is -2.16. The highest BCUT2D eigenvalue weighted by molar-refractivity contribution is 5.92. The van der Waals surface area contributed by atoms with Crippen molar-refractivity contribution in [2.45, 2.75) is 65.2 Å². The topological polar surface area (TPSA) is 40.9 Å². The minimum Gasteiger partial charge on any atom is -0.298 e. The van der Waals surface area contributed by atoms with Crippen molar-refractivity contribution in [3.05, 3.63) is 0 Å². The van der Waals surface area contributed by atoms with E-state index < -0.39 is 5.41 Å². The highest BCUT2D eigenvalue weighted by Gasteiger charge is 2.51. The first-order valence-corrected chi connectivity index (χ1v) is 6.65. The highest BCUT2D eigenvalue weighted by Crippen LogP contribution is 2.48. The van der Waals surface area contributed by atoms with Gasteiger partial charge in [0.05, 0.1) is 6.07 Å². The van der Waals surface area contributed by atoms with Gasteiger partial charge in [-0.1, -0.05) is 39.5 Å². The lowest BCUT2D eigenvalue weighted by Crippen LogP contribution is -2.23. The number of ketones is 1. The highest BCUT2D eigenvalue weighted by atomic mass is 16.1. The quantitative estimate of drug-likeness (QED) is 0.584. The molecule has 16 heavy (non-hydrogen) atoms. The molecule has 0 amide bonds. The fraction of sp³-hybridized carbons (Fsp3) is 0.857. The molecule has 1 aliphatic carbocycles. The molecule has 0 aromatic heterocycles. The molecule has 1 rings (SSSR count). The Morgan fingerprint density at radius 2 is 2.00 bits per heavy atom. The summed E-state index contributed by atoms with van der Waals surface area (Å²) in [5, 5.41) is 9.01. The van der Waals surface area contributed by atoms with Gasteiger partial charge in [0.1, 0.15) is 5.41 Å². The molecule has 0 bridgehead atoms. The van der Waals surface area contributed by atoms with Gasteiger partial charge in [-0.25, -0.2) is 0 Å². The van der Waals surface area contributed by atoms with E-state index in [1.54, 1.807) is 0 Å². The van der Waals surface area contributed by atoms with E-state index in [2.05, 4.69) is 19.9 Å². The molecule has 1 atom stereocenters. The van der Waals surface area contributed by atoms with E-state index >= 15 is 0 Å². The van der Waals surface area contributed by atoms with E-state index in [0.29, 0.717) is 0 Å². The molecule has 1 aliphatic rings. The Morgan fingerprint density at radius 3 is 2.44 bits per heavy atom. The molecule has 1 unspecified atom stereocenters. The third-order valence-electron chi connectivity index (χ3n) is 3.71. The van der Waals surface area contributed by atoms with Gasteiger partial charge in [-0.3, -0.25) is 4.79 Å². The number of nitriles is 1. The molecule has 1 saturated carbocycles. The third kappa shape index (κ3) is 3.07. The second-order valence-corrected chi connectivity index (χ2v) is 5.01. The van der Waals surface area contributed by atoms with E-state index in [0.717, 1.165) is 32.1 Å². The molecule has 0 radical (unpaired) electrons. The van der Waals surface area contributed by atoms with E-state index in [1.807, 2.05) is 0 Å². The van der Waals surface area contributed by atoms with Crippen LogP contribution in [0.15, 0.2) is 0 Å². The molecule has 0 saturated heterocycles. The molecule has 0 aromatic carbocycles. The van der Waals surface area contributed by atoms with Gasteiger partial charge in [0.15, 0.2) is 5.78 Å². The lowest BCUT2D eigenvalue weighted by atomic mass is 9.86. The number of Topliss-reactive ketones (excluding diaryl/α,β-unsaturated/α-hetero) is 1. The first kappa shape index (κ1) is 13.2. The zero-order chi connectivity index (χ0) is 12.0. The number of carbonyl (C=O) groups is 1. The zero-order valence-electron chi connectivity index (χ0n) is 10.6. The van der Waals surface area contributed by atoms with Crippen molar-refractivity contribution in [1.29, 1.82) is 5.26 Å². The summed E-state index contributed by atoms with van der Waals surface area (Å²) in [6, 6.07) is 2.22. The van der Waals surface area contributed by atoms with E-state index in [4.69, 9.17) is 5.26 Å². The van der Waals surface area contributed by atoms with Crippen molar-refractivity contribution in [1.82, 2.24) is 0 Å². The Labute approximate surface area is 99.0 Å². The Bertz CT molecular complexity index is 273. The van der Waals surface area contributed by atoms with Crippen LogP contribution >= 0.6 is 0 Å². The maximum Gasteiger partial charge on any atom is 0.156 e. The number of carbonyl (C=O) groups excluding carboxylic acids is 1. The van der Waals surface area contributed by atoms with Gasteiger partial charge in [-0.05, 0) is 25.7 Å². The monoisotopic (exact) mass is 221 g/mol. The van der Waals surface area contributed by atoms with Crippen LogP contribution in [0.4, 0.5) is 0 Å². The van der Waals surface area contributed by atoms with Crippen molar-refractivity contribution in [2.75, 3.05) is 0 Å². The standard InChI is InChI=1S/C14H23NO/c1-3-5-6-7-8-12(4-2)13(16)14(11-15)9-10-14/h12H,3-10H2,1-2H3. The summed E-state index contributed by atoms with van der Waals surface area (Å²) in [5.74, 6) is 0.369. The van der Waals surface area contributed by atoms with Crippen LogP contribution in [0.1, 0.15) is 65.2 Å². The molecule has 90 valence electrons. The van der Waals surface area contributed by atoms with Crippen molar-refractivity contribution >= 4 is 5.78 Å². The average molecular weight is 221 g/mol. The van der Waals surface area contributed by atoms with Gasteiger partial charge in [0.25, 0.3) is 0 Å². The fourth-order valence-corrected chi connectivity index (χ4v) is 2.27. The first-order valence-electron chi connectivity index (χ1n) is 6.65. The van der Waals surface area contributed by atoms with Crippen LogP contribution in [-0.4, -0.2) is 5.78 Å². The Hall–Kier alpha value is -0.840. The summed E-state index contributed by atoms with van der Waals surface area (Å²) in [7, 11) is 0. The van der Waals surface area contributed by atoms with Crippen LogP contribution in [0.5, 0.6) is 0 Å². The summed E-state index contributed by atoms with van der Waals surface area (Å²) in [4.78, 5) is 12.1. The summed E-state index contributed by atoms with van der Waals surface area (Å²) >= 11 is 0. The molecule has 0 aromatic rings. The minimum absolute atomic E-state index is 0.138. The second kappa shape index (κ2) is 6.03. The van der Waals surface area contributed by atoms with Gasteiger partial charge >= 0.3 is 0 Å². The Kier molecular flexibility index (Phi) is 4.99.